The van der Waals surface area contributed by atoms with Crippen LogP contribution in [0.25, 0.3) is 0 Å². The fourth-order valence-electron chi connectivity index (χ4n) is 3.38. The molecule has 1 aliphatic rings. The second-order valence-corrected chi connectivity index (χ2v) is 8.31. The maximum absolute atomic E-state index is 12.8. The topological polar surface area (TPSA) is 64.6 Å². The molecule has 2 aromatic carbocycles. The summed E-state index contributed by atoms with van der Waals surface area (Å²) in [6, 6.07) is 10.6. The molecule has 26 heavy (non-hydrogen) atoms. The van der Waals surface area contributed by atoms with Crippen LogP contribution in [0.2, 0.25) is 0 Å². The fourth-order valence-corrected chi connectivity index (χ4v) is 4.62. The predicted molar refractivity (Wildman–Crippen MR) is 101 cm³/mol. The summed E-state index contributed by atoms with van der Waals surface area (Å²) >= 11 is 0. The first-order valence-electron chi connectivity index (χ1n) is 8.80. The average molecular weight is 375 g/mol. The van der Waals surface area contributed by atoms with Crippen LogP contribution >= 0.6 is 0 Å². The molecule has 0 aliphatic heterocycles. The second kappa shape index (κ2) is 7.68. The molecule has 5 nitrogen and oxygen atoms in total. The number of hydrogen-bond acceptors (Lipinski definition) is 4. The Hall–Kier alpha value is -2.05. The number of rotatable bonds is 6. The Morgan fingerprint density at radius 2 is 1.62 bits per heavy atom. The van der Waals surface area contributed by atoms with Gasteiger partial charge in [-0.3, -0.25) is 0 Å². The van der Waals surface area contributed by atoms with E-state index in [-0.39, 0.29) is 10.9 Å². The highest BCUT2D eigenvalue weighted by Crippen LogP contribution is 2.30. The summed E-state index contributed by atoms with van der Waals surface area (Å²) in [5.41, 5.74) is 3.70. The van der Waals surface area contributed by atoms with Gasteiger partial charge in [0.2, 0.25) is 10.0 Å². The molecule has 6 heteroatoms. The lowest BCUT2D eigenvalue weighted by Gasteiger charge is -2.20. The predicted octanol–water partition coefficient (Wildman–Crippen LogP) is 3.62. The number of nitrogens with one attached hydrogen (secondary N) is 1. The van der Waals surface area contributed by atoms with Crippen LogP contribution < -0.4 is 14.2 Å². The minimum atomic E-state index is -3.67. The van der Waals surface area contributed by atoms with E-state index < -0.39 is 10.0 Å². The van der Waals surface area contributed by atoms with Crippen LogP contribution in [0.1, 0.15) is 42.5 Å². The van der Waals surface area contributed by atoms with E-state index in [4.69, 9.17) is 9.47 Å². The Kier molecular flexibility index (Phi) is 5.53. The Morgan fingerprint density at radius 3 is 2.31 bits per heavy atom. The molecule has 0 amide bonds. The second-order valence-electron chi connectivity index (χ2n) is 6.60. The SMILES string of the molecule is COc1ccc(S(=O)(=O)N[C@@H](C)c2ccc3c(c2)CCCC3)cc1OC. The summed E-state index contributed by atoms with van der Waals surface area (Å²) in [6.07, 6.45) is 4.61. The highest BCUT2D eigenvalue weighted by Gasteiger charge is 2.21. The molecule has 0 fully saturated rings. The summed E-state index contributed by atoms with van der Waals surface area (Å²) in [4.78, 5) is 0.153. The number of aryl methyl sites for hydroxylation is 2. The molecule has 1 aliphatic carbocycles. The van der Waals surface area contributed by atoms with Gasteiger partial charge in [-0.15, -0.1) is 0 Å². The van der Waals surface area contributed by atoms with Gasteiger partial charge in [0.1, 0.15) is 0 Å². The van der Waals surface area contributed by atoms with Crippen molar-refractivity contribution >= 4 is 10.0 Å². The van der Waals surface area contributed by atoms with Crippen molar-refractivity contribution in [2.75, 3.05) is 14.2 Å². The number of sulfonamides is 1. The monoisotopic (exact) mass is 375 g/mol. The maximum atomic E-state index is 12.8. The average Bonchev–Trinajstić information content (AvgIpc) is 2.66. The third-order valence-electron chi connectivity index (χ3n) is 4.87. The first-order valence-corrected chi connectivity index (χ1v) is 10.3. The number of ether oxygens (including phenoxy) is 2. The van der Waals surface area contributed by atoms with Crippen molar-refractivity contribution in [3.63, 3.8) is 0 Å². The van der Waals surface area contributed by atoms with Crippen molar-refractivity contribution in [1.82, 2.24) is 4.72 Å². The van der Waals surface area contributed by atoms with Crippen LogP contribution in [0.3, 0.4) is 0 Å². The van der Waals surface area contributed by atoms with Crippen LogP contribution in [0.15, 0.2) is 41.3 Å². The first kappa shape index (κ1) is 18.7. The van der Waals surface area contributed by atoms with Crippen molar-refractivity contribution in [2.45, 2.75) is 43.5 Å². The largest absolute Gasteiger partial charge is 0.493 e. The normalized spacial score (nSPS) is 15.2. The third kappa shape index (κ3) is 3.86. The molecule has 1 N–H and O–H groups in total. The Bertz CT molecular complexity index is 893. The number of hydrogen-bond donors (Lipinski definition) is 1. The van der Waals surface area contributed by atoms with Gasteiger partial charge in [0.05, 0.1) is 19.1 Å². The van der Waals surface area contributed by atoms with Crippen molar-refractivity contribution in [3.05, 3.63) is 53.1 Å². The van der Waals surface area contributed by atoms with E-state index in [9.17, 15) is 8.42 Å². The van der Waals surface area contributed by atoms with E-state index in [0.717, 1.165) is 18.4 Å². The standard InChI is InChI=1S/C20H25NO4S/c1-14(16-9-8-15-6-4-5-7-17(15)12-16)21-26(22,23)18-10-11-19(24-2)20(13-18)25-3/h8-14,21H,4-7H2,1-3H3/t14-/m0/s1. The van der Waals surface area contributed by atoms with Gasteiger partial charge in [-0.1, -0.05) is 18.2 Å². The van der Waals surface area contributed by atoms with E-state index >= 15 is 0 Å². The smallest absolute Gasteiger partial charge is 0.241 e. The van der Waals surface area contributed by atoms with Crippen LogP contribution in [-0.2, 0) is 22.9 Å². The van der Waals surface area contributed by atoms with E-state index in [1.54, 1.807) is 6.07 Å². The lowest BCUT2D eigenvalue weighted by atomic mass is 9.89. The van der Waals surface area contributed by atoms with E-state index in [2.05, 4.69) is 16.9 Å². The fraction of sp³-hybridized carbons (Fsp3) is 0.400. The van der Waals surface area contributed by atoms with Gasteiger partial charge < -0.3 is 9.47 Å². The van der Waals surface area contributed by atoms with Crippen LogP contribution in [0, 0.1) is 0 Å². The Morgan fingerprint density at radius 1 is 0.923 bits per heavy atom. The molecular weight excluding hydrogens is 350 g/mol. The van der Waals surface area contributed by atoms with Crippen molar-refractivity contribution in [3.8, 4) is 11.5 Å². The van der Waals surface area contributed by atoms with Gasteiger partial charge in [0, 0.05) is 12.1 Å². The van der Waals surface area contributed by atoms with Crippen LogP contribution in [0.4, 0.5) is 0 Å². The molecule has 0 unspecified atom stereocenters. The lowest BCUT2D eigenvalue weighted by Crippen LogP contribution is -2.27. The van der Waals surface area contributed by atoms with Crippen LogP contribution in [0.5, 0.6) is 11.5 Å². The summed E-state index contributed by atoms with van der Waals surface area (Å²) in [7, 11) is -0.672. The zero-order chi connectivity index (χ0) is 18.7. The zero-order valence-electron chi connectivity index (χ0n) is 15.4. The Labute approximate surface area is 155 Å². The molecule has 140 valence electrons. The molecule has 0 bridgehead atoms. The summed E-state index contributed by atoms with van der Waals surface area (Å²) in [6.45, 7) is 1.86. The number of fused-ring (bicyclic) bond motifs is 1. The molecule has 0 saturated heterocycles. The molecule has 0 aromatic heterocycles. The highest BCUT2D eigenvalue weighted by atomic mass is 32.2. The lowest BCUT2D eigenvalue weighted by molar-refractivity contribution is 0.354. The summed E-state index contributed by atoms with van der Waals surface area (Å²) in [5.74, 6) is 0.881. The minimum Gasteiger partial charge on any atom is -0.493 e. The molecule has 0 saturated carbocycles. The first-order chi connectivity index (χ1) is 12.4. The van der Waals surface area contributed by atoms with E-state index in [1.807, 2.05) is 13.0 Å². The van der Waals surface area contributed by atoms with Crippen LogP contribution in [-0.4, -0.2) is 22.6 Å². The molecule has 3 rings (SSSR count). The number of methoxy groups -OCH3 is 2. The third-order valence-corrected chi connectivity index (χ3v) is 6.41. The minimum absolute atomic E-state index is 0.153. The van der Waals surface area contributed by atoms with Gasteiger partial charge in [0.15, 0.2) is 11.5 Å². The Balaban J connectivity index is 1.83. The number of benzene rings is 2. The summed E-state index contributed by atoms with van der Waals surface area (Å²) in [5, 5.41) is 0. The maximum Gasteiger partial charge on any atom is 0.241 e. The van der Waals surface area contributed by atoms with Crippen molar-refractivity contribution in [1.29, 1.82) is 0 Å². The van der Waals surface area contributed by atoms with Gasteiger partial charge >= 0.3 is 0 Å². The van der Waals surface area contributed by atoms with Gasteiger partial charge in [-0.2, -0.15) is 0 Å². The van der Waals surface area contributed by atoms with Gasteiger partial charge in [0.25, 0.3) is 0 Å². The highest BCUT2D eigenvalue weighted by molar-refractivity contribution is 7.89. The summed E-state index contributed by atoms with van der Waals surface area (Å²) < 4.78 is 38.7. The molecule has 0 heterocycles. The van der Waals surface area contributed by atoms with E-state index in [0.29, 0.717) is 11.5 Å². The molecule has 0 spiro atoms. The van der Waals surface area contributed by atoms with Crippen molar-refractivity contribution in [2.24, 2.45) is 0 Å². The molecule has 1 atom stereocenters. The quantitative estimate of drug-likeness (QED) is 0.837. The zero-order valence-corrected chi connectivity index (χ0v) is 16.2. The van der Waals surface area contributed by atoms with E-state index in [1.165, 1.54) is 50.3 Å². The molecular formula is C20H25NO4S. The molecule has 0 radical (unpaired) electrons. The van der Waals surface area contributed by atoms with Gasteiger partial charge in [-0.25, -0.2) is 13.1 Å². The molecule has 2 aromatic rings. The van der Waals surface area contributed by atoms with Crippen molar-refractivity contribution < 1.29 is 17.9 Å². The van der Waals surface area contributed by atoms with Gasteiger partial charge in [-0.05, 0) is 61.4 Å².